The van der Waals surface area contributed by atoms with Crippen molar-refractivity contribution < 1.29 is 22.8 Å². The number of nitrogens with zero attached hydrogens (tertiary/aromatic N) is 1. The Labute approximate surface area is 168 Å². The highest BCUT2D eigenvalue weighted by Gasteiger charge is 2.33. The van der Waals surface area contributed by atoms with Gasteiger partial charge in [0.05, 0.1) is 10.6 Å². The van der Waals surface area contributed by atoms with Crippen LogP contribution in [0.15, 0.2) is 67.0 Å². The second-order valence-electron chi connectivity index (χ2n) is 5.92. The maximum Gasteiger partial charge on any atom is 0.417 e. The van der Waals surface area contributed by atoms with Gasteiger partial charge in [-0.15, -0.1) is 0 Å². The highest BCUT2D eigenvalue weighted by atomic mass is 35.5. The Morgan fingerprint density at radius 2 is 1.48 bits per heavy atom. The van der Waals surface area contributed by atoms with E-state index in [0.717, 1.165) is 23.3 Å². The summed E-state index contributed by atoms with van der Waals surface area (Å²) in [4.78, 5) is 28.3. The fourth-order valence-corrected chi connectivity index (χ4v) is 2.71. The standard InChI is InChI=1S/C20H13ClF3N3O2/c21-17-8-7-14(10-16(17)20(22,23)24)19(29)27-26-18(28)13-5-3-12(4-6-13)15-2-1-9-25-11-15/h1-11H,(H,26,28)(H,27,29). The van der Waals surface area contributed by atoms with Gasteiger partial charge in [0, 0.05) is 23.5 Å². The number of halogens is 4. The van der Waals surface area contributed by atoms with Gasteiger partial charge in [0.2, 0.25) is 0 Å². The van der Waals surface area contributed by atoms with Crippen molar-refractivity contribution in [2.75, 3.05) is 0 Å². The third kappa shape index (κ3) is 4.91. The van der Waals surface area contributed by atoms with E-state index in [1.54, 1.807) is 42.7 Å². The quantitative estimate of drug-likeness (QED) is 0.614. The van der Waals surface area contributed by atoms with E-state index in [4.69, 9.17) is 11.6 Å². The van der Waals surface area contributed by atoms with Crippen LogP contribution in [-0.4, -0.2) is 16.8 Å². The Morgan fingerprint density at radius 3 is 2.07 bits per heavy atom. The van der Waals surface area contributed by atoms with Gasteiger partial charge in [-0.1, -0.05) is 29.8 Å². The Kier molecular flexibility index (Phi) is 5.84. The largest absolute Gasteiger partial charge is 0.417 e. The van der Waals surface area contributed by atoms with E-state index in [9.17, 15) is 22.8 Å². The molecule has 3 rings (SSSR count). The van der Waals surface area contributed by atoms with Crippen molar-refractivity contribution in [1.29, 1.82) is 0 Å². The molecule has 2 N–H and O–H groups in total. The van der Waals surface area contributed by atoms with E-state index >= 15 is 0 Å². The first-order chi connectivity index (χ1) is 13.8. The van der Waals surface area contributed by atoms with Gasteiger partial charge >= 0.3 is 6.18 Å². The molecule has 0 aliphatic rings. The second kappa shape index (κ2) is 8.32. The SMILES string of the molecule is O=C(NNC(=O)c1ccc(Cl)c(C(F)(F)F)c1)c1ccc(-c2cccnc2)cc1. The maximum absolute atomic E-state index is 12.9. The number of carbonyl (C=O) groups excluding carboxylic acids is 2. The van der Waals surface area contributed by atoms with Crippen molar-refractivity contribution in [3.8, 4) is 11.1 Å². The molecule has 0 radical (unpaired) electrons. The van der Waals surface area contributed by atoms with Gasteiger partial charge < -0.3 is 0 Å². The smallest absolute Gasteiger partial charge is 0.267 e. The summed E-state index contributed by atoms with van der Waals surface area (Å²) >= 11 is 5.52. The van der Waals surface area contributed by atoms with Gasteiger partial charge in [-0.2, -0.15) is 13.2 Å². The summed E-state index contributed by atoms with van der Waals surface area (Å²) < 4.78 is 38.7. The van der Waals surface area contributed by atoms with E-state index in [0.29, 0.717) is 6.07 Å². The van der Waals surface area contributed by atoms with E-state index in [1.165, 1.54) is 0 Å². The minimum absolute atomic E-state index is 0.255. The number of carbonyl (C=O) groups is 2. The van der Waals surface area contributed by atoms with Crippen molar-refractivity contribution in [2.24, 2.45) is 0 Å². The Hall–Kier alpha value is -3.39. The van der Waals surface area contributed by atoms with Crippen LogP contribution in [-0.2, 0) is 6.18 Å². The second-order valence-corrected chi connectivity index (χ2v) is 6.33. The molecule has 0 bridgehead atoms. The molecule has 2 amide bonds. The van der Waals surface area contributed by atoms with Crippen LogP contribution in [0.2, 0.25) is 5.02 Å². The summed E-state index contributed by atoms with van der Waals surface area (Å²) in [5.74, 6) is -1.53. The number of benzene rings is 2. The minimum Gasteiger partial charge on any atom is -0.267 e. The molecule has 0 unspecified atom stereocenters. The molecule has 3 aromatic rings. The summed E-state index contributed by atoms with van der Waals surface area (Å²) in [5, 5.41) is -0.521. The first kappa shape index (κ1) is 20.3. The Morgan fingerprint density at radius 1 is 0.862 bits per heavy atom. The number of alkyl halides is 3. The van der Waals surface area contributed by atoms with Crippen LogP contribution in [0.4, 0.5) is 13.2 Å². The molecule has 5 nitrogen and oxygen atoms in total. The van der Waals surface area contributed by atoms with Gasteiger partial charge in [0.15, 0.2) is 0 Å². The molecule has 0 saturated carbocycles. The van der Waals surface area contributed by atoms with Crippen molar-refractivity contribution in [1.82, 2.24) is 15.8 Å². The monoisotopic (exact) mass is 419 g/mol. The fourth-order valence-electron chi connectivity index (χ4n) is 2.49. The molecular formula is C20H13ClF3N3O2. The number of hydrazine groups is 1. The number of aromatic nitrogens is 1. The lowest BCUT2D eigenvalue weighted by Gasteiger charge is -2.12. The lowest BCUT2D eigenvalue weighted by molar-refractivity contribution is -0.137. The molecule has 0 atom stereocenters. The predicted molar refractivity (Wildman–Crippen MR) is 101 cm³/mol. The van der Waals surface area contributed by atoms with Crippen LogP contribution in [0.25, 0.3) is 11.1 Å². The van der Waals surface area contributed by atoms with Crippen molar-refractivity contribution in [3.05, 3.63) is 88.7 Å². The van der Waals surface area contributed by atoms with E-state index in [-0.39, 0.29) is 11.1 Å². The minimum atomic E-state index is -4.70. The molecule has 0 spiro atoms. The third-order valence-electron chi connectivity index (χ3n) is 3.97. The van der Waals surface area contributed by atoms with Gasteiger partial charge in [-0.3, -0.25) is 25.4 Å². The molecule has 9 heteroatoms. The number of amides is 2. The zero-order valence-corrected chi connectivity index (χ0v) is 15.4. The number of hydrogen-bond acceptors (Lipinski definition) is 3. The molecule has 2 aromatic carbocycles. The van der Waals surface area contributed by atoms with E-state index < -0.39 is 28.6 Å². The summed E-state index contributed by atoms with van der Waals surface area (Å²) in [5.41, 5.74) is 4.79. The molecule has 0 aliphatic carbocycles. The maximum atomic E-state index is 12.9. The summed E-state index contributed by atoms with van der Waals surface area (Å²) in [6, 6.07) is 12.9. The summed E-state index contributed by atoms with van der Waals surface area (Å²) in [6.45, 7) is 0. The Bertz CT molecular complexity index is 1040. The average molecular weight is 420 g/mol. The Balaban J connectivity index is 1.65. The molecular weight excluding hydrogens is 407 g/mol. The molecule has 0 fully saturated rings. The average Bonchev–Trinajstić information content (AvgIpc) is 2.72. The number of rotatable bonds is 3. The molecule has 1 aromatic heterocycles. The van der Waals surface area contributed by atoms with Crippen LogP contribution >= 0.6 is 11.6 Å². The highest BCUT2D eigenvalue weighted by Crippen LogP contribution is 2.35. The molecule has 0 saturated heterocycles. The van der Waals surface area contributed by atoms with Gasteiger partial charge in [0.1, 0.15) is 0 Å². The molecule has 29 heavy (non-hydrogen) atoms. The topological polar surface area (TPSA) is 71.1 Å². The molecule has 0 aliphatic heterocycles. The van der Waals surface area contributed by atoms with Gasteiger partial charge in [-0.25, -0.2) is 0 Å². The lowest BCUT2D eigenvalue weighted by Crippen LogP contribution is -2.41. The van der Waals surface area contributed by atoms with Crippen molar-refractivity contribution >= 4 is 23.4 Å². The zero-order chi connectivity index (χ0) is 21.0. The fraction of sp³-hybridized carbons (Fsp3) is 0.0500. The summed E-state index contributed by atoms with van der Waals surface area (Å²) in [6.07, 6.45) is -1.38. The normalized spacial score (nSPS) is 11.0. The van der Waals surface area contributed by atoms with Crippen molar-refractivity contribution in [2.45, 2.75) is 6.18 Å². The van der Waals surface area contributed by atoms with E-state index in [2.05, 4.69) is 15.8 Å². The number of nitrogens with one attached hydrogen (secondary N) is 2. The first-order valence-corrected chi connectivity index (χ1v) is 8.61. The lowest BCUT2D eigenvalue weighted by atomic mass is 10.1. The van der Waals surface area contributed by atoms with Crippen LogP contribution in [0.1, 0.15) is 26.3 Å². The molecule has 148 valence electrons. The van der Waals surface area contributed by atoms with Gasteiger partial charge in [0.25, 0.3) is 11.8 Å². The van der Waals surface area contributed by atoms with Crippen LogP contribution in [0, 0.1) is 0 Å². The van der Waals surface area contributed by atoms with Gasteiger partial charge in [-0.05, 0) is 47.5 Å². The predicted octanol–water partition coefficient (Wildman–Crippen LogP) is 4.50. The first-order valence-electron chi connectivity index (χ1n) is 8.23. The highest BCUT2D eigenvalue weighted by molar-refractivity contribution is 6.31. The van der Waals surface area contributed by atoms with Crippen LogP contribution in [0.3, 0.4) is 0 Å². The zero-order valence-electron chi connectivity index (χ0n) is 14.6. The number of hydrogen-bond donors (Lipinski definition) is 2. The van der Waals surface area contributed by atoms with Crippen molar-refractivity contribution in [3.63, 3.8) is 0 Å². The van der Waals surface area contributed by atoms with Crippen LogP contribution < -0.4 is 10.9 Å². The van der Waals surface area contributed by atoms with Crippen LogP contribution in [0.5, 0.6) is 0 Å². The third-order valence-corrected chi connectivity index (χ3v) is 4.30. The number of pyridine rings is 1. The molecule has 1 heterocycles. The van der Waals surface area contributed by atoms with E-state index in [1.807, 2.05) is 6.07 Å². The summed E-state index contributed by atoms with van der Waals surface area (Å²) in [7, 11) is 0.